The fourth-order valence-electron chi connectivity index (χ4n) is 6.23. The zero-order chi connectivity index (χ0) is 24.5. The highest BCUT2D eigenvalue weighted by atomic mass is 16.7. The van der Waals surface area contributed by atoms with Gasteiger partial charge in [-0.1, -0.05) is 31.6 Å². The van der Waals surface area contributed by atoms with Crippen LogP contribution in [0.1, 0.15) is 48.0 Å². The van der Waals surface area contributed by atoms with Crippen molar-refractivity contribution in [1.82, 2.24) is 0 Å². The van der Waals surface area contributed by atoms with E-state index in [0.717, 1.165) is 5.57 Å². The van der Waals surface area contributed by atoms with Gasteiger partial charge in [0, 0.05) is 31.6 Å². The number of aliphatic hydroxyl groups excluding tert-OH is 2. The number of epoxide rings is 1. The summed E-state index contributed by atoms with van der Waals surface area (Å²) >= 11 is 0. The minimum absolute atomic E-state index is 0.210. The molecule has 0 saturated carbocycles. The lowest BCUT2D eigenvalue weighted by molar-refractivity contribution is -0.189. The molecule has 182 valence electrons. The lowest BCUT2D eigenvalue weighted by Gasteiger charge is -2.51. The Labute approximate surface area is 192 Å². The van der Waals surface area contributed by atoms with E-state index in [1.54, 1.807) is 45.9 Å². The van der Waals surface area contributed by atoms with Crippen LogP contribution in [0.3, 0.4) is 0 Å². The zero-order valence-corrected chi connectivity index (χ0v) is 19.7. The van der Waals surface area contributed by atoms with Crippen LogP contribution >= 0.6 is 0 Å². The summed E-state index contributed by atoms with van der Waals surface area (Å²) < 4.78 is 23.0. The van der Waals surface area contributed by atoms with Gasteiger partial charge in [-0.2, -0.15) is 0 Å². The maximum atomic E-state index is 12.7. The summed E-state index contributed by atoms with van der Waals surface area (Å²) in [6, 6.07) is 0. The predicted molar refractivity (Wildman–Crippen MR) is 113 cm³/mol. The van der Waals surface area contributed by atoms with Crippen LogP contribution in [0.5, 0.6) is 0 Å². The topological polar surface area (TPSA) is 132 Å². The van der Waals surface area contributed by atoms with Crippen molar-refractivity contribution in [3.05, 3.63) is 23.8 Å². The standard InChI is InChI=1S/C24H32O9/c1-11-9-16(30-13(3)25)20(31-14(4)26)22(5)8-7-15(27)12(2)18(22)19(28)24-17(10-11)32-21(29)23(24,6)33-24/h7-8,10,12,15-20,27-28H,9H2,1-6H3/b11-10-/t12-,15+,16-,17-,18+,19-,20+,22-,23+,24-/m0/s1. The molecular weight excluding hydrogens is 432 g/mol. The lowest BCUT2D eigenvalue weighted by atomic mass is 9.57. The van der Waals surface area contributed by atoms with Crippen molar-refractivity contribution in [2.75, 3.05) is 0 Å². The minimum Gasteiger partial charge on any atom is -0.458 e. The van der Waals surface area contributed by atoms with Gasteiger partial charge >= 0.3 is 17.9 Å². The van der Waals surface area contributed by atoms with Crippen molar-refractivity contribution < 1.29 is 43.5 Å². The normalized spacial score (nSPS) is 50.0. The third-order valence-corrected chi connectivity index (χ3v) is 7.90. The van der Waals surface area contributed by atoms with Gasteiger partial charge in [0.2, 0.25) is 0 Å². The monoisotopic (exact) mass is 464 g/mol. The molecule has 9 nitrogen and oxygen atoms in total. The Morgan fingerprint density at radius 1 is 1.15 bits per heavy atom. The summed E-state index contributed by atoms with van der Waals surface area (Å²) in [7, 11) is 0. The number of hydrogen-bond acceptors (Lipinski definition) is 9. The minimum atomic E-state index is -1.34. The Kier molecular flexibility index (Phi) is 5.54. The number of aliphatic hydroxyl groups is 2. The van der Waals surface area contributed by atoms with Gasteiger partial charge in [0.25, 0.3) is 0 Å². The summed E-state index contributed by atoms with van der Waals surface area (Å²) in [4.78, 5) is 36.8. The van der Waals surface area contributed by atoms with Gasteiger partial charge < -0.3 is 29.2 Å². The van der Waals surface area contributed by atoms with Crippen molar-refractivity contribution in [3.63, 3.8) is 0 Å². The van der Waals surface area contributed by atoms with Gasteiger partial charge in [0.15, 0.2) is 17.3 Å². The molecule has 2 N–H and O–H groups in total. The fourth-order valence-corrected chi connectivity index (χ4v) is 6.23. The molecule has 0 aromatic carbocycles. The maximum Gasteiger partial charge on any atom is 0.342 e. The van der Waals surface area contributed by atoms with Gasteiger partial charge in [-0.25, -0.2) is 4.79 Å². The largest absolute Gasteiger partial charge is 0.458 e. The first kappa shape index (κ1) is 23.9. The van der Waals surface area contributed by atoms with Crippen LogP contribution in [0, 0.1) is 17.3 Å². The number of hydrogen-bond donors (Lipinski definition) is 2. The van der Waals surface area contributed by atoms with Gasteiger partial charge in [0.1, 0.15) is 12.2 Å². The Balaban J connectivity index is 1.93. The van der Waals surface area contributed by atoms with Crippen LogP contribution in [-0.2, 0) is 33.3 Å². The highest BCUT2D eigenvalue weighted by molar-refractivity contribution is 5.88. The molecule has 0 amide bonds. The second-order valence-electron chi connectivity index (χ2n) is 10.2. The molecule has 0 unspecified atom stereocenters. The summed E-state index contributed by atoms with van der Waals surface area (Å²) in [6.07, 6.45) is 0.369. The second kappa shape index (κ2) is 7.65. The van der Waals surface area contributed by atoms with Crippen molar-refractivity contribution in [3.8, 4) is 0 Å². The summed E-state index contributed by atoms with van der Waals surface area (Å²) in [5, 5.41) is 22.5. The third kappa shape index (κ3) is 3.35. The van der Waals surface area contributed by atoms with Crippen LogP contribution in [0.15, 0.2) is 23.8 Å². The molecule has 9 heteroatoms. The molecule has 0 aromatic heterocycles. The molecule has 2 aliphatic carbocycles. The van der Waals surface area contributed by atoms with Crippen LogP contribution in [-0.4, -0.2) is 69.8 Å². The number of carbonyl (C=O) groups is 3. The van der Waals surface area contributed by atoms with E-state index in [2.05, 4.69) is 0 Å². The Morgan fingerprint density at radius 3 is 2.36 bits per heavy atom. The van der Waals surface area contributed by atoms with E-state index < -0.39 is 76.9 Å². The average molecular weight is 465 g/mol. The number of rotatable bonds is 2. The zero-order valence-electron chi connectivity index (χ0n) is 19.7. The van der Waals surface area contributed by atoms with Gasteiger partial charge in [-0.15, -0.1) is 0 Å². The van der Waals surface area contributed by atoms with E-state index in [1.807, 2.05) is 0 Å². The number of carbonyl (C=O) groups excluding carboxylic acids is 3. The molecular formula is C24H32O9. The van der Waals surface area contributed by atoms with Crippen molar-refractivity contribution in [2.24, 2.45) is 17.3 Å². The molecule has 0 aromatic rings. The number of fused-ring (bicyclic) bond motifs is 1. The highest BCUT2D eigenvalue weighted by Gasteiger charge is 2.85. The van der Waals surface area contributed by atoms with Crippen LogP contribution in [0.4, 0.5) is 0 Å². The maximum absolute atomic E-state index is 12.7. The molecule has 1 spiro atoms. The third-order valence-electron chi connectivity index (χ3n) is 7.90. The first-order valence-electron chi connectivity index (χ1n) is 11.3. The fraction of sp³-hybridized carbons (Fsp3) is 0.708. The summed E-state index contributed by atoms with van der Waals surface area (Å²) in [6.45, 7) is 9.51. The SMILES string of the molecule is CC(=O)O[C@H]1C/C(C)=C\[C@@H]2OC(=O)[C@@]3(C)O[C@]23[C@@H](O)[C@H]2[C@@H](C)[C@H](O)C=C[C@]2(C)[C@@H]1OC(C)=O. The molecule has 0 radical (unpaired) electrons. The Bertz CT molecular complexity index is 940. The average Bonchev–Trinajstić information content (AvgIpc) is 3.29. The molecule has 2 saturated heterocycles. The van der Waals surface area contributed by atoms with Crippen LogP contribution in [0.25, 0.3) is 0 Å². The Hall–Kier alpha value is -2.23. The first-order valence-corrected chi connectivity index (χ1v) is 11.3. The van der Waals surface area contributed by atoms with Crippen LogP contribution in [0.2, 0.25) is 0 Å². The molecule has 2 aliphatic heterocycles. The molecule has 4 aliphatic rings. The van der Waals surface area contributed by atoms with E-state index >= 15 is 0 Å². The smallest absolute Gasteiger partial charge is 0.342 e. The van der Waals surface area contributed by atoms with Crippen molar-refractivity contribution in [2.45, 2.75) is 89.7 Å². The highest BCUT2D eigenvalue weighted by Crippen LogP contribution is 2.64. The van der Waals surface area contributed by atoms with Gasteiger partial charge in [-0.05, 0) is 25.8 Å². The van der Waals surface area contributed by atoms with E-state index in [0.29, 0.717) is 0 Å². The predicted octanol–water partition coefficient (Wildman–Crippen LogP) is 1.20. The van der Waals surface area contributed by atoms with Crippen LogP contribution < -0.4 is 0 Å². The lowest BCUT2D eigenvalue weighted by Crippen LogP contribution is -2.61. The first-order chi connectivity index (χ1) is 15.3. The number of esters is 3. The number of ether oxygens (including phenoxy) is 4. The molecule has 0 bridgehead atoms. The molecule has 33 heavy (non-hydrogen) atoms. The van der Waals surface area contributed by atoms with E-state index in [4.69, 9.17) is 18.9 Å². The quantitative estimate of drug-likeness (QED) is 0.268. The second-order valence-corrected chi connectivity index (χ2v) is 10.2. The Morgan fingerprint density at radius 2 is 1.79 bits per heavy atom. The molecule has 4 rings (SSSR count). The molecule has 10 atom stereocenters. The van der Waals surface area contributed by atoms with Crippen molar-refractivity contribution in [1.29, 1.82) is 0 Å². The van der Waals surface area contributed by atoms with E-state index in [-0.39, 0.29) is 6.42 Å². The molecule has 2 fully saturated rings. The van der Waals surface area contributed by atoms with E-state index in [9.17, 15) is 24.6 Å². The van der Waals surface area contributed by atoms with E-state index in [1.165, 1.54) is 13.8 Å². The van der Waals surface area contributed by atoms with Gasteiger partial charge in [0.05, 0.1) is 12.2 Å². The van der Waals surface area contributed by atoms with Gasteiger partial charge in [-0.3, -0.25) is 9.59 Å². The summed E-state index contributed by atoms with van der Waals surface area (Å²) in [5.74, 6) is -2.91. The molecule has 2 heterocycles. The summed E-state index contributed by atoms with van der Waals surface area (Å²) in [5.41, 5.74) is -3.02. The van der Waals surface area contributed by atoms with Crippen molar-refractivity contribution >= 4 is 17.9 Å².